The molecule has 5 heteroatoms. The third kappa shape index (κ3) is 4.37. The molecule has 29 heavy (non-hydrogen) atoms. The molecule has 0 radical (unpaired) electrons. The molecule has 3 heterocycles. The van der Waals surface area contributed by atoms with Crippen molar-refractivity contribution < 1.29 is 14.3 Å². The van der Waals surface area contributed by atoms with E-state index in [1.165, 1.54) is 0 Å². The first-order valence-electron chi connectivity index (χ1n) is 11.4. The molecule has 3 aliphatic heterocycles. The minimum absolute atomic E-state index is 0.107. The first-order valence-corrected chi connectivity index (χ1v) is 11.4. The van der Waals surface area contributed by atoms with Crippen molar-refractivity contribution in [3.8, 4) is 5.75 Å². The zero-order valence-corrected chi connectivity index (χ0v) is 18.0. The maximum Gasteiger partial charge on any atom is 0.148 e. The lowest BCUT2D eigenvalue weighted by atomic mass is 9.67. The number of para-hydroxylation sites is 1. The minimum atomic E-state index is -0.468. The number of hydrogen-bond donors (Lipinski definition) is 1. The lowest BCUT2D eigenvalue weighted by molar-refractivity contribution is -0.131. The largest absolute Gasteiger partial charge is 0.490 e. The first kappa shape index (κ1) is 20.8. The van der Waals surface area contributed by atoms with E-state index in [0.29, 0.717) is 25.0 Å². The normalized spacial score (nSPS) is 26.0. The number of Topliss-reactive ketones (excluding diaryl/α,β-unsaturated/α-hetero) is 1. The van der Waals surface area contributed by atoms with E-state index in [0.717, 1.165) is 69.6 Å². The Morgan fingerprint density at radius 2 is 1.90 bits per heavy atom. The molecule has 1 atom stereocenters. The van der Waals surface area contributed by atoms with Crippen LogP contribution in [0.3, 0.4) is 0 Å². The maximum absolute atomic E-state index is 13.7. The van der Waals surface area contributed by atoms with Crippen molar-refractivity contribution in [3.63, 3.8) is 0 Å². The SMILES string of the molecule is CC(C)N1CCC(Oc2ccccc2C2(C(=O)C3CCNC3)CCOCC2)CC1. The number of ether oxygens (including phenoxy) is 2. The molecule has 1 aromatic carbocycles. The average molecular weight is 401 g/mol. The highest BCUT2D eigenvalue weighted by atomic mass is 16.5. The maximum atomic E-state index is 13.7. The van der Waals surface area contributed by atoms with Gasteiger partial charge < -0.3 is 19.7 Å². The van der Waals surface area contributed by atoms with Gasteiger partial charge in [0.25, 0.3) is 0 Å². The summed E-state index contributed by atoms with van der Waals surface area (Å²) in [6.45, 7) is 9.71. The fourth-order valence-electron chi connectivity index (χ4n) is 5.29. The Bertz CT molecular complexity index is 685. The predicted octanol–water partition coefficient (Wildman–Crippen LogP) is 3.17. The molecule has 0 saturated carbocycles. The second kappa shape index (κ2) is 9.15. The summed E-state index contributed by atoms with van der Waals surface area (Å²) in [4.78, 5) is 16.2. The van der Waals surface area contributed by atoms with E-state index in [9.17, 15) is 4.79 Å². The van der Waals surface area contributed by atoms with Crippen LogP contribution in [0.15, 0.2) is 24.3 Å². The molecular formula is C24H36N2O3. The molecule has 0 aliphatic carbocycles. The van der Waals surface area contributed by atoms with Crippen molar-refractivity contribution >= 4 is 5.78 Å². The Morgan fingerprint density at radius 1 is 1.17 bits per heavy atom. The summed E-state index contributed by atoms with van der Waals surface area (Å²) < 4.78 is 12.2. The summed E-state index contributed by atoms with van der Waals surface area (Å²) in [5, 5.41) is 3.37. The number of nitrogens with one attached hydrogen (secondary N) is 1. The highest BCUT2D eigenvalue weighted by Gasteiger charge is 2.46. The molecule has 3 aliphatic rings. The van der Waals surface area contributed by atoms with Gasteiger partial charge in [0, 0.05) is 50.4 Å². The van der Waals surface area contributed by atoms with Crippen LogP contribution >= 0.6 is 0 Å². The molecule has 0 amide bonds. The zero-order chi connectivity index (χ0) is 20.3. The second-order valence-electron chi connectivity index (χ2n) is 9.19. The summed E-state index contributed by atoms with van der Waals surface area (Å²) in [5.74, 6) is 1.41. The molecule has 5 nitrogen and oxygen atoms in total. The van der Waals surface area contributed by atoms with Gasteiger partial charge in [0.05, 0.1) is 5.41 Å². The van der Waals surface area contributed by atoms with Crippen LogP contribution in [0, 0.1) is 5.92 Å². The van der Waals surface area contributed by atoms with Crippen LogP contribution in [0.4, 0.5) is 0 Å². The van der Waals surface area contributed by atoms with E-state index in [1.54, 1.807) is 0 Å². The third-order valence-electron chi connectivity index (χ3n) is 7.15. The summed E-state index contributed by atoms with van der Waals surface area (Å²) in [5.41, 5.74) is 0.621. The Balaban J connectivity index is 1.57. The smallest absolute Gasteiger partial charge is 0.148 e. The summed E-state index contributed by atoms with van der Waals surface area (Å²) in [6.07, 6.45) is 4.78. The first-order chi connectivity index (χ1) is 14.1. The van der Waals surface area contributed by atoms with E-state index >= 15 is 0 Å². The fourth-order valence-corrected chi connectivity index (χ4v) is 5.29. The molecule has 0 spiro atoms. The highest BCUT2D eigenvalue weighted by Crippen LogP contribution is 2.43. The third-order valence-corrected chi connectivity index (χ3v) is 7.15. The Labute approximate surface area is 175 Å². The standard InChI is InChI=1S/C24H36N2O3/c1-18(2)26-13-8-20(9-14-26)29-22-6-4-3-5-21(22)24(10-15-28-16-11-24)23(27)19-7-12-25-17-19/h3-6,18-20,25H,7-17H2,1-2H3. The van der Waals surface area contributed by atoms with Crippen LogP contribution in [0.1, 0.15) is 51.5 Å². The molecule has 4 rings (SSSR count). The highest BCUT2D eigenvalue weighted by molar-refractivity contribution is 5.93. The summed E-state index contributed by atoms with van der Waals surface area (Å²) in [7, 11) is 0. The van der Waals surface area contributed by atoms with Crippen LogP contribution < -0.4 is 10.1 Å². The number of hydrogen-bond acceptors (Lipinski definition) is 5. The van der Waals surface area contributed by atoms with E-state index in [2.05, 4.69) is 42.3 Å². The molecule has 3 saturated heterocycles. The Morgan fingerprint density at radius 3 is 2.55 bits per heavy atom. The van der Waals surface area contributed by atoms with Crippen molar-refractivity contribution in [2.75, 3.05) is 39.4 Å². The van der Waals surface area contributed by atoms with Gasteiger partial charge in [-0.3, -0.25) is 4.79 Å². The van der Waals surface area contributed by atoms with E-state index in [1.807, 2.05) is 6.07 Å². The summed E-state index contributed by atoms with van der Waals surface area (Å²) >= 11 is 0. The number of carbonyl (C=O) groups is 1. The molecule has 0 bridgehead atoms. The number of carbonyl (C=O) groups excluding carboxylic acids is 1. The molecule has 1 unspecified atom stereocenters. The van der Waals surface area contributed by atoms with Gasteiger partial charge in [0.1, 0.15) is 17.6 Å². The molecule has 3 fully saturated rings. The van der Waals surface area contributed by atoms with Crippen LogP contribution in [-0.2, 0) is 14.9 Å². The quantitative estimate of drug-likeness (QED) is 0.795. The van der Waals surface area contributed by atoms with Crippen LogP contribution in [0.5, 0.6) is 5.75 Å². The number of nitrogens with zero attached hydrogens (tertiary/aromatic N) is 1. The topological polar surface area (TPSA) is 50.8 Å². The lowest BCUT2D eigenvalue weighted by Gasteiger charge is -2.40. The minimum Gasteiger partial charge on any atom is -0.490 e. The summed E-state index contributed by atoms with van der Waals surface area (Å²) in [6, 6.07) is 8.88. The van der Waals surface area contributed by atoms with Crippen LogP contribution in [-0.4, -0.2) is 62.2 Å². The van der Waals surface area contributed by atoms with Crippen molar-refractivity contribution in [2.24, 2.45) is 5.92 Å². The Hall–Kier alpha value is -1.43. The van der Waals surface area contributed by atoms with Gasteiger partial charge in [0.15, 0.2) is 0 Å². The van der Waals surface area contributed by atoms with Crippen molar-refractivity contribution in [1.82, 2.24) is 10.2 Å². The van der Waals surface area contributed by atoms with Crippen molar-refractivity contribution in [2.45, 2.75) is 63.5 Å². The number of rotatable bonds is 6. The monoisotopic (exact) mass is 400 g/mol. The van der Waals surface area contributed by atoms with Gasteiger partial charge in [-0.2, -0.15) is 0 Å². The molecule has 0 aromatic heterocycles. The van der Waals surface area contributed by atoms with Crippen LogP contribution in [0.25, 0.3) is 0 Å². The van der Waals surface area contributed by atoms with Gasteiger partial charge in [0.2, 0.25) is 0 Å². The van der Waals surface area contributed by atoms with E-state index in [-0.39, 0.29) is 12.0 Å². The number of benzene rings is 1. The van der Waals surface area contributed by atoms with Gasteiger partial charge in [-0.25, -0.2) is 0 Å². The van der Waals surface area contributed by atoms with Crippen molar-refractivity contribution in [3.05, 3.63) is 29.8 Å². The van der Waals surface area contributed by atoms with Gasteiger partial charge in [-0.15, -0.1) is 0 Å². The van der Waals surface area contributed by atoms with Crippen molar-refractivity contribution in [1.29, 1.82) is 0 Å². The number of piperidine rings is 1. The molecular weight excluding hydrogens is 364 g/mol. The van der Waals surface area contributed by atoms with Crippen LogP contribution in [0.2, 0.25) is 0 Å². The van der Waals surface area contributed by atoms with Gasteiger partial charge >= 0.3 is 0 Å². The average Bonchev–Trinajstić information content (AvgIpc) is 3.29. The molecule has 160 valence electrons. The molecule has 1 N–H and O–H groups in total. The Kier molecular flexibility index (Phi) is 6.57. The fraction of sp³-hybridized carbons (Fsp3) is 0.708. The van der Waals surface area contributed by atoms with E-state index in [4.69, 9.17) is 9.47 Å². The van der Waals surface area contributed by atoms with E-state index < -0.39 is 5.41 Å². The van der Waals surface area contributed by atoms with Gasteiger partial charge in [-0.1, -0.05) is 18.2 Å². The predicted molar refractivity (Wildman–Crippen MR) is 115 cm³/mol. The number of ketones is 1. The number of likely N-dealkylation sites (tertiary alicyclic amines) is 1. The van der Waals surface area contributed by atoms with Gasteiger partial charge in [-0.05, 0) is 58.6 Å². The lowest BCUT2D eigenvalue weighted by Crippen LogP contribution is -2.46. The second-order valence-corrected chi connectivity index (χ2v) is 9.19. The molecule has 1 aromatic rings. The zero-order valence-electron chi connectivity index (χ0n) is 18.0.